The molecule has 4 rings (SSSR count). The van der Waals surface area contributed by atoms with E-state index in [-0.39, 0.29) is 6.03 Å². The number of amides is 2. The van der Waals surface area contributed by atoms with Crippen molar-refractivity contribution in [3.8, 4) is 0 Å². The molecule has 2 amide bonds. The lowest BCUT2D eigenvalue weighted by Crippen LogP contribution is -2.30. The molecule has 0 spiro atoms. The Morgan fingerprint density at radius 3 is 2.90 bits per heavy atom. The number of H-pyrrole nitrogens is 1. The zero-order chi connectivity index (χ0) is 20.9. The van der Waals surface area contributed by atoms with Crippen LogP contribution >= 0.6 is 0 Å². The fourth-order valence-corrected chi connectivity index (χ4v) is 3.72. The molecule has 0 bridgehead atoms. The van der Waals surface area contributed by atoms with Gasteiger partial charge in [0.05, 0.1) is 0 Å². The first-order chi connectivity index (χ1) is 14.6. The van der Waals surface area contributed by atoms with E-state index in [1.165, 1.54) is 10.9 Å². The van der Waals surface area contributed by atoms with Crippen molar-refractivity contribution in [2.24, 2.45) is 0 Å². The van der Waals surface area contributed by atoms with Gasteiger partial charge in [0.25, 0.3) is 0 Å². The Morgan fingerprint density at radius 1 is 1.17 bits per heavy atom. The number of nitrogens with one attached hydrogen (secondary N) is 3. The molecule has 0 saturated carbocycles. The second-order valence-electron chi connectivity index (χ2n) is 7.76. The van der Waals surface area contributed by atoms with E-state index in [4.69, 9.17) is 0 Å². The largest absolute Gasteiger partial charge is 0.361 e. The van der Waals surface area contributed by atoms with Crippen molar-refractivity contribution in [1.29, 1.82) is 0 Å². The fraction of sp³-hybridized carbons (Fsp3) is 0.250. The minimum atomic E-state index is -0.197. The summed E-state index contributed by atoms with van der Waals surface area (Å²) in [5.41, 5.74) is 4.22. The zero-order valence-electron chi connectivity index (χ0n) is 17.4. The number of rotatable bonds is 7. The normalized spacial score (nSPS) is 11.2. The third-order valence-electron chi connectivity index (χ3n) is 5.16. The molecule has 2 heterocycles. The highest BCUT2D eigenvalue weighted by atomic mass is 16.2. The summed E-state index contributed by atoms with van der Waals surface area (Å²) < 4.78 is 2.14. The molecule has 4 aromatic rings. The molecule has 0 aliphatic heterocycles. The maximum Gasteiger partial charge on any atom is 0.319 e. The number of nitrogens with zero attached hydrogens (tertiary/aromatic N) is 2. The van der Waals surface area contributed by atoms with Crippen LogP contribution in [0.2, 0.25) is 0 Å². The minimum Gasteiger partial charge on any atom is -0.361 e. The van der Waals surface area contributed by atoms with E-state index >= 15 is 0 Å². The Morgan fingerprint density at radius 2 is 2.03 bits per heavy atom. The number of hydrogen-bond acceptors (Lipinski definition) is 2. The van der Waals surface area contributed by atoms with Crippen LogP contribution in [0, 0.1) is 0 Å². The summed E-state index contributed by atoms with van der Waals surface area (Å²) >= 11 is 0. The summed E-state index contributed by atoms with van der Waals surface area (Å²) in [5.74, 6) is 1.42. The van der Waals surface area contributed by atoms with Crippen LogP contribution in [0.25, 0.3) is 10.9 Å². The molecule has 2 aromatic heterocycles. The molecule has 0 saturated heterocycles. The van der Waals surface area contributed by atoms with Crippen molar-refractivity contribution in [2.75, 3.05) is 11.9 Å². The van der Waals surface area contributed by atoms with Crippen molar-refractivity contribution in [3.63, 3.8) is 0 Å². The molecule has 0 aliphatic carbocycles. The van der Waals surface area contributed by atoms with Crippen LogP contribution in [0.1, 0.15) is 36.7 Å². The van der Waals surface area contributed by atoms with E-state index in [9.17, 15) is 4.79 Å². The maximum absolute atomic E-state index is 12.3. The summed E-state index contributed by atoms with van der Waals surface area (Å²) in [6.45, 7) is 5.57. The quantitative estimate of drug-likeness (QED) is 0.412. The molecule has 3 N–H and O–H groups in total. The number of imidazole rings is 1. The van der Waals surface area contributed by atoms with Gasteiger partial charge in [0.2, 0.25) is 0 Å². The SMILES string of the molecule is CC(C)c1nccn1Cc1cccc(NC(=O)NCCc2c[nH]c3ccccc23)c1. The first-order valence-corrected chi connectivity index (χ1v) is 10.3. The van der Waals surface area contributed by atoms with Gasteiger partial charge in [-0.15, -0.1) is 0 Å². The molecular formula is C24H27N5O. The van der Waals surface area contributed by atoms with Crippen LogP contribution in [-0.2, 0) is 13.0 Å². The molecular weight excluding hydrogens is 374 g/mol. The van der Waals surface area contributed by atoms with E-state index in [1.54, 1.807) is 0 Å². The van der Waals surface area contributed by atoms with Crippen molar-refractivity contribution < 1.29 is 4.79 Å². The molecule has 6 heteroatoms. The van der Waals surface area contributed by atoms with Crippen LogP contribution in [0.5, 0.6) is 0 Å². The number of benzene rings is 2. The van der Waals surface area contributed by atoms with Crippen LogP contribution in [0.3, 0.4) is 0 Å². The Balaban J connectivity index is 1.32. The monoisotopic (exact) mass is 401 g/mol. The Kier molecular flexibility index (Phi) is 5.84. The van der Waals surface area contributed by atoms with Gasteiger partial charge in [0.1, 0.15) is 5.82 Å². The Hall–Kier alpha value is -3.54. The molecule has 30 heavy (non-hydrogen) atoms. The predicted octanol–water partition coefficient (Wildman–Crippen LogP) is 4.90. The first kappa shape index (κ1) is 19.8. The standard InChI is InChI=1S/C24H27N5O/c1-17(2)23-25-12-13-29(23)16-18-6-5-7-20(14-18)28-24(30)26-11-10-19-15-27-22-9-4-3-8-21(19)22/h3-9,12-15,17,27H,10-11,16H2,1-2H3,(H2,26,28,30). The highest BCUT2D eigenvalue weighted by Gasteiger charge is 2.09. The van der Waals surface area contributed by atoms with Gasteiger partial charge in [0.15, 0.2) is 0 Å². The van der Waals surface area contributed by atoms with E-state index < -0.39 is 0 Å². The molecule has 154 valence electrons. The summed E-state index contributed by atoms with van der Waals surface area (Å²) in [7, 11) is 0. The predicted molar refractivity (Wildman–Crippen MR) is 121 cm³/mol. The number of anilines is 1. The van der Waals surface area contributed by atoms with Crippen LogP contribution < -0.4 is 10.6 Å². The van der Waals surface area contributed by atoms with E-state index in [0.717, 1.165) is 35.6 Å². The van der Waals surface area contributed by atoms with Crippen LogP contribution in [-0.4, -0.2) is 27.1 Å². The minimum absolute atomic E-state index is 0.197. The third-order valence-corrected chi connectivity index (χ3v) is 5.16. The number of urea groups is 1. The third kappa shape index (κ3) is 4.54. The first-order valence-electron chi connectivity index (χ1n) is 10.3. The van der Waals surface area contributed by atoms with Gasteiger partial charge in [0, 0.05) is 54.2 Å². The Bertz CT molecular complexity index is 1140. The number of aromatic amines is 1. The number of fused-ring (bicyclic) bond motifs is 1. The number of hydrogen-bond donors (Lipinski definition) is 3. The maximum atomic E-state index is 12.3. The average Bonchev–Trinajstić information content (AvgIpc) is 3.36. The molecule has 0 unspecified atom stereocenters. The van der Waals surface area contributed by atoms with Gasteiger partial charge in [-0.05, 0) is 35.7 Å². The second-order valence-corrected chi connectivity index (χ2v) is 7.76. The molecule has 0 fully saturated rings. The van der Waals surface area contributed by atoms with E-state index in [1.807, 2.05) is 48.9 Å². The number of para-hydroxylation sites is 1. The zero-order valence-corrected chi connectivity index (χ0v) is 17.4. The number of aromatic nitrogens is 3. The smallest absolute Gasteiger partial charge is 0.319 e. The van der Waals surface area contributed by atoms with Gasteiger partial charge >= 0.3 is 6.03 Å². The van der Waals surface area contributed by atoms with E-state index in [2.05, 4.69) is 57.2 Å². The van der Waals surface area contributed by atoms with Gasteiger partial charge in [-0.3, -0.25) is 0 Å². The van der Waals surface area contributed by atoms with E-state index in [0.29, 0.717) is 12.5 Å². The second kappa shape index (κ2) is 8.86. The highest BCUT2D eigenvalue weighted by molar-refractivity contribution is 5.89. The highest BCUT2D eigenvalue weighted by Crippen LogP contribution is 2.18. The van der Waals surface area contributed by atoms with Crippen molar-refractivity contribution in [2.45, 2.75) is 32.7 Å². The summed E-state index contributed by atoms with van der Waals surface area (Å²) in [6.07, 6.45) is 6.61. The Labute approximate surface area is 176 Å². The summed E-state index contributed by atoms with van der Waals surface area (Å²) in [6, 6.07) is 15.9. The van der Waals surface area contributed by atoms with Gasteiger partial charge in [-0.1, -0.05) is 44.2 Å². The topological polar surface area (TPSA) is 74.7 Å². The molecule has 0 atom stereocenters. The lowest BCUT2D eigenvalue weighted by Gasteiger charge is -2.12. The van der Waals surface area contributed by atoms with Crippen molar-refractivity contribution in [3.05, 3.63) is 84.1 Å². The van der Waals surface area contributed by atoms with Crippen LogP contribution in [0.15, 0.2) is 67.1 Å². The average molecular weight is 402 g/mol. The van der Waals surface area contributed by atoms with Gasteiger partial charge in [-0.25, -0.2) is 9.78 Å². The number of carbonyl (C=O) groups is 1. The fourth-order valence-electron chi connectivity index (χ4n) is 3.72. The van der Waals surface area contributed by atoms with Gasteiger partial charge in [-0.2, -0.15) is 0 Å². The summed E-state index contributed by atoms with van der Waals surface area (Å²) in [4.78, 5) is 20.0. The summed E-state index contributed by atoms with van der Waals surface area (Å²) in [5, 5.41) is 7.08. The number of carbonyl (C=O) groups excluding carboxylic acids is 1. The lowest BCUT2D eigenvalue weighted by molar-refractivity contribution is 0.252. The van der Waals surface area contributed by atoms with Gasteiger partial charge < -0.3 is 20.2 Å². The van der Waals surface area contributed by atoms with Crippen molar-refractivity contribution in [1.82, 2.24) is 19.9 Å². The molecule has 2 aromatic carbocycles. The molecule has 0 aliphatic rings. The molecule has 0 radical (unpaired) electrons. The van der Waals surface area contributed by atoms with Crippen molar-refractivity contribution >= 4 is 22.6 Å². The lowest BCUT2D eigenvalue weighted by atomic mass is 10.1. The molecule has 6 nitrogen and oxygen atoms in total. The van der Waals surface area contributed by atoms with Crippen LogP contribution in [0.4, 0.5) is 10.5 Å².